The van der Waals surface area contributed by atoms with Crippen LogP contribution in [0.1, 0.15) is 47.6 Å². The second kappa shape index (κ2) is 9.58. The number of H-pyrrole nitrogens is 1. The molecule has 1 aliphatic carbocycles. The molecule has 2 heterocycles. The van der Waals surface area contributed by atoms with E-state index in [1.54, 1.807) is 17.7 Å². The van der Waals surface area contributed by atoms with Gasteiger partial charge in [-0.15, -0.1) is 0 Å². The molecule has 0 atom stereocenters. The SMILES string of the molecule is COc1cc(NC(=O)C2CCC(n3c(=O)[nH]c4c(C(=O)NC5CNC5)cccc43)CC2)ccc1C. The summed E-state index contributed by atoms with van der Waals surface area (Å²) in [5.41, 5.74) is 3.29. The Labute approximate surface area is 203 Å². The van der Waals surface area contributed by atoms with Gasteiger partial charge in [0, 0.05) is 36.8 Å². The number of ether oxygens (including phenoxy) is 1. The Morgan fingerprint density at radius 2 is 1.86 bits per heavy atom. The summed E-state index contributed by atoms with van der Waals surface area (Å²) in [5.74, 6) is 0.438. The van der Waals surface area contributed by atoms with E-state index in [4.69, 9.17) is 4.74 Å². The third-order valence-electron chi connectivity index (χ3n) is 7.22. The van der Waals surface area contributed by atoms with Crippen LogP contribution in [0.4, 0.5) is 5.69 Å². The molecule has 2 fully saturated rings. The van der Waals surface area contributed by atoms with E-state index in [1.807, 2.05) is 37.3 Å². The lowest BCUT2D eigenvalue weighted by Gasteiger charge is -2.29. The Hall–Kier alpha value is -3.59. The summed E-state index contributed by atoms with van der Waals surface area (Å²) >= 11 is 0. The van der Waals surface area contributed by atoms with Gasteiger partial charge in [0.1, 0.15) is 5.75 Å². The van der Waals surface area contributed by atoms with Gasteiger partial charge in [-0.05, 0) is 56.4 Å². The van der Waals surface area contributed by atoms with E-state index in [9.17, 15) is 14.4 Å². The first kappa shape index (κ1) is 23.2. The number of rotatable bonds is 6. The smallest absolute Gasteiger partial charge is 0.326 e. The normalized spacial score (nSPS) is 20.3. The Morgan fingerprint density at radius 3 is 2.54 bits per heavy atom. The zero-order valence-electron chi connectivity index (χ0n) is 20.0. The molecule has 0 unspecified atom stereocenters. The highest BCUT2D eigenvalue weighted by molar-refractivity contribution is 6.05. The van der Waals surface area contributed by atoms with Crippen molar-refractivity contribution in [2.75, 3.05) is 25.5 Å². The van der Waals surface area contributed by atoms with Crippen LogP contribution in [-0.4, -0.2) is 47.6 Å². The number of anilines is 1. The van der Waals surface area contributed by atoms with Crippen LogP contribution in [0.5, 0.6) is 5.75 Å². The lowest BCUT2D eigenvalue weighted by atomic mass is 9.85. The molecule has 5 rings (SSSR count). The number of benzene rings is 2. The molecule has 1 aromatic heterocycles. The fraction of sp³-hybridized carbons (Fsp3) is 0.423. The number of nitrogens with zero attached hydrogens (tertiary/aromatic N) is 1. The van der Waals surface area contributed by atoms with Gasteiger partial charge in [0.05, 0.1) is 29.7 Å². The van der Waals surface area contributed by atoms with Crippen LogP contribution in [0.25, 0.3) is 11.0 Å². The second-order valence-electron chi connectivity index (χ2n) is 9.51. The van der Waals surface area contributed by atoms with Gasteiger partial charge in [-0.3, -0.25) is 14.2 Å². The van der Waals surface area contributed by atoms with Crippen molar-refractivity contribution in [3.8, 4) is 5.75 Å². The van der Waals surface area contributed by atoms with Crippen LogP contribution < -0.4 is 26.4 Å². The molecule has 1 saturated heterocycles. The molecule has 2 aromatic carbocycles. The maximum Gasteiger partial charge on any atom is 0.326 e. The molecule has 0 spiro atoms. The number of methoxy groups -OCH3 is 1. The molecule has 1 aliphatic heterocycles. The van der Waals surface area contributed by atoms with E-state index in [-0.39, 0.29) is 35.5 Å². The molecule has 4 N–H and O–H groups in total. The topological polar surface area (TPSA) is 117 Å². The molecule has 0 bridgehead atoms. The Kier molecular flexibility index (Phi) is 6.34. The minimum atomic E-state index is -0.217. The van der Waals surface area contributed by atoms with Crippen LogP contribution in [0.3, 0.4) is 0 Å². The highest BCUT2D eigenvalue weighted by atomic mass is 16.5. The number of fused-ring (bicyclic) bond motifs is 1. The summed E-state index contributed by atoms with van der Waals surface area (Å²) in [6, 6.07) is 11.2. The average molecular weight is 478 g/mol. The van der Waals surface area contributed by atoms with E-state index in [0.717, 1.165) is 35.6 Å². The quantitative estimate of drug-likeness (QED) is 0.436. The number of aromatic amines is 1. The van der Waals surface area contributed by atoms with Gasteiger partial charge in [0.2, 0.25) is 5.91 Å². The Morgan fingerprint density at radius 1 is 1.09 bits per heavy atom. The van der Waals surface area contributed by atoms with Gasteiger partial charge in [-0.25, -0.2) is 4.79 Å². The van der Waals surface area contributed by atoms with E-state index in [2.05, 4.69) is 20.9 Å². The van der Waals surface area contributed by atoms with E-state index in [1.165, 1.54) is 0 Å². The maximum atomic E-state index is 12.9. The van der Waals surface area contributed by atoms with Gasteiger partial charge >= 0.3 is 5.69 Å². The number of nitrogens with one attached hydrogen (secondary N) is 4. The van der Waals surface area contributed by atoms with Crippen LogP contribution in [-0.2, 0) is 4.79 Å². The third-order valence-corrected chi connectivity index (χ3v) is 7.22. The molecular weight excluding hydrogens is 446 g/mol. The molecule has 184 valence electrons. The van der Waals surface area contributed by atoms with Crippen molar-refractivity contribution in [2.45, 2.75) is 44.7 Å². The summed E-state index contributed by atoms with van der Waals surface area (Å²) in [7, 11) is 1.61. The number of aromatic nitrogens is 2. The number of hydrogen-bond donors (Lipinski definition) is 4. The zero-order valence-corrected chi connectivity index (χ0v) is 20.0. The highest BCUT2D eigenvalue weighted by Gasteiger charge is 2.30. The second-order valence-corrected chi connectivity index (χ2v) is 9.51. The van der Waals surface area contributed by atoms with Crippen molar-refractivity contribution < 1.29 is 14.3 Å². The first-order chi connectivity index (χ1) is 16.9. The monoisotopic (exact) mass is 477 g/mol. The van der Waals surface area contributed by atoms with Crippen LogP contribution in [0.2, 0.25) is 0 Å². The number of hydrogen-bond acceptors (Lipinski definition) is 5. The summed E-state index contributed by atoms with van der Waals surface area (Å²) in [6.45, 7) is 3.47. The third kappa shape index (κ3) is 4.55. The van der Waals surface area contributed by atoms with Gasteiger partial charge in [-0.1, -0.05) is 12.1 Å². The first-order valence-corrected chi connectivity index (χ1v) is 12.1. The first-order valence-electron chi connectivity index (χ1n) is 12.1. The zero-order chi connectivity index (χ0) is 24.5. The molecule has 2 aliphatic rings. The largest absolute Gasteiger partial charge is 0.496 e. The average Bonchev–Trinajstić information content (AvgIpc) is 3.18. The van der Waals surface area contributed by atoms with Crippen molar-refractivity contribution >= 4 is 28.5 Å². The molecule has 9 heteroatoms. The van der Waals surface area contributed by atoms with E-state index >= 15 is 0 Å². The van der Waals surface area contributed by atoms with Crippen LogP contribution >= 0.6 is 0 Å². The number of aryl methyl sites for hydroxylation is 1. The predicted octanol–water partition coefficient (Wildman–Crippen LogP) is 2.72. The molecule has 0 radical (unpaired) electrons. The van der Waals surface area contributed by atoms with Crippen molar-refractivity contribution in [3.63, 3.8) is 0 Å². The fourth-order valence-corrected chi connectivity index (χ4v) is 5.09. The van der Waals surface area contributed by atoms with Crippen molar-refractivity contribution in [3.05, 3.63) is 58.0 Å². The van der Waals surface area contributed by atoms with Crippen molar-refractivity contribution in [2.24, 2.45) is 5.92 Å². The maximum absolute atomic E-state index is 12.9. The summed E-state index contributed by atoms with van der Waals surface area (Å²) in [6.07, 6.45) is 2.81. The Bertz CT molecular complexity index is 1320. The minimum absolute atomic E-state index is 0.00919. The molecular formula is C26H31N5O4. The summed E-state index contributed by atoms with van der Waals surface area (Å²) in [5, 5.41) is 9.14. The predicted molar refractivity (Wildman–Crippen MR) is 134 cm³/mol. The number of amides is 2. The number of para-hydroxylation sites is 1. The minimum Gasteiger partial charge on any atom is -0.496 e. The van der Waals surface area contributed by atoms with Gasteiger partial charge in [0.25, 0.3) is 5.91 Å². The van der Waals surface area contributed by atoms with E-state index in [0.29, 0.717) is 36.8 Å². The number of carbonyl (C=O) groups is 2. The number of imidazole rings is 1. The fourth-order valence-electron chi connectivity index (χ4n) is 5.09. The van der Waals surface area contributed by atoms with E-state index < -0.39 is 0 Å². The lowest BCUT2D eigenvalue weighted by Crippen LogP contribution is -2.56. The standard InChI is InChI=1S/C26H31N5O4/c1-15-6-9-17(12-22(15)35-2)28-24(32)16-7-10-19(11-8-16)31-21-5-3-4-20(23(21)30-26(31)34)25(33)29-18-13-27-14-18/h3-6,9,12,16,18-19,27H,7-8,10-11,13-14H2,1-2H3,(H,28,32)(H,29,33)(H,30,34). The summed E-state index contributed by atoms with van der Waals surface area (Å²) < 4.78 is 7.11. The van der Waals surface area contributed by atoms with Crippen molar-refractivity contribution in [1.29, 1.82) is 0 Å². The number of carbonyl (C=O) groups excluding carboxylic acids is 2. The Balaban J connectivity index is 1.28. The molecule has 2 amide bonds. The molecule has 1 saturated carbocycles. The molecule has 9 nitrogen and oxygen atoms in total. The van der Waals surface area contributed by atoms with Crippen LogP contribution in [0, 0.1) is 12.8 Å². The summed E-state index contributed by atoms with van der Waals surface area (Å²) in [4.78, 5) is 41.5. The van der Waals surface area contributed by atoms with Gasteiger partial charge in [0.15, 0.2) is 0 Å². The lowest BCUT2D eigenvalue weighted by molar-refractivity contribution is -0.121. The van der Waals surface area contributed by atoms with Gasteiger partial charge < -0.3 is 25.7 Å². The molecule has 35 heavy (non-hydrogen) atoms. The molecule has 3 aromatic rings. The van der Waals surface area contributed by atoms with Crippen LogP contribution in [0.15, 0.2) is 41.2 Å². The van der Waals surface area contributed by atoms with Crippen molar-refractivity contribution in [1.82, 2.24) is 20.2 Å². The highest BCUT2D eigenvalue weighted by Crippen LogP contribution is 2.34. The van der Waals surface area contributed by atoms with Gasteiger partial charge in [-0.2, -0.15) is 0 Å².